The van der Waals surface area contributed by atoms with Crippen LogP contribution in [-0.4, -0.2) is 30.5 Å². The first-order valence-corrected chi connectivity index (χ1v) is 11.1. The lowest BCUT2D eigenvalue weighted by Crippen LogP contribution is -2.13. The number of carbonyl (C=O) groups excluding carboxylic acids is 1. The third-order valence-electron chi connectivity index (χ3n) is 5.26. The number of rotatable bonds is 7. The molecule has 8 nitrogen and oxygen atoms in total. The van der Waals surface area contributed by atoms with Crippen molar-refractivity contribution in [1.82, 2.24) is 24.5 Å². The zero-order valence-electron chi connectivity index (χ0n) is 18.4. The number of fused-ring (bicyclic) bond motifs is 1. The lowest BCUT2D eigenvalue weighted by Gasteiger charge is -2.09. The van der Waals surface area contributed by atoms with E-state index in [0.29, 0.717) is 27.7 Å². The fraction of sp³-hybridized carbons (Fsp3) is 0.120. The molecular weight excluding hydrogens is 452 g/mol. The van der Waals surface area contributed by atoms with Gasteiger partial charge in [0.15, 0.2) is 6.73 Å². The zero-order chi connectivity index (χ0) is 23.5. The monoisotopic (exact) mass is 472 g/mol. The van der Waals surface area contributed by atoms with E-state index >= 15 is 0 Å². The van der Waals surface area contributed by atoms with E-state index in [1.807, 2.05) is 54.2 Å². The first kappa shape index (κ1) is 21.7. The van der Waals surface area contributed by atoms with Crippen molar-refractivity contribution in [2.24, 2.45) is 0 Å². The van der Waals surface area contributed by atoms with Crippen LogP contribution in [0.15, 0.2) is 79.4 Å². The smallest absolute Gasteiger partial charge is 0.256 e. The fourth-order valence-electron chi connectivity index (χ4n) is 3.57. The normalized spacial score (nSPS) is 11.0. The molecule has 0 atom stereocenters. The Morgan fingerprint density at radius 1 is 1.03 bits per heavy atom. The maximum absolute atomic E-state index is 13.3. The molecule has 0 spiro atoms. The summed E-state index contributed by atoms with van der Waals surface area (Å²) in [4.78, 5) is 18.0. The summed E-state index contributed by atoms with van der Waals surface area (Å²) in [7, 11) is 0. The van der Waals surface area contributed by atoms with Crippen LogP contribution >= 0.6 is 11.6 Å². The third-order valence-corrected chi connectivity index (χ3v) is 5.50. The second-order valence-electron chi connectivity index (χ2n) is 7.61. The van der Waals surface area contributed by atoms with E-state index in [1.54, 1.807) is 41.5 Å². The van der Waals surface area contributed by atoms with Crippen LogP contribution in [0.1, 0.15) is 17.3 Å². The Morgan fingerprint density at radius 2 is 1.88 bits per heavy atom. The number of halogens is 1. The standard InChI is InChI=1S/C25H21ClN6O2/c1-2-31-14-17(12-27-31)24-11-22(21-8-3-4-9-23(21)30-24)25(33)29-19-13-28-32(15-19)16-34-20-7-5-6-18(26)10-20/h3-15H,2,16H2,1H3,(H,29,33). The van der Waals surface area contributed by atoms with Gasteiger partial charge in [0.2, 0.25) is 0 Å². The van der Waals surface area contributed by atoms with Crippen LogP contribution in [0.2, 0.25) is 5.02 Å². The van der Waals surface area contributed by atoms with E-state index in [4.69, 9.17) is 21.3 Å². The Bertz CT molecular complexity index is 1480. The zero-order valence-corrected chi connectivity index (χ0v) is 19.1. The van der Waals surface area contributed by atoms with Gasteiger partial charge >= 0.3 is 0 Å². The molecular formula is C25H21ClN6O2. The first-order chi connectivity index (χ1) is 16.6. The topological polar surface area (TPSA) is 86.9 Å². The van der Waals surface area contributed by atoms with Crippen LogP contribution in [-0.2, 0) is 13.3 Å². The van der Waals surface area contributed by atoms with E-state index in [2.05, 4.69) is 15.5 Å². The summed E-state index contributed by atoms with van der Waals surface area (Å²) in [6.07, 6.45) is 6.96. The summed E-state index contributed by atoms with van der Waals surface area (Å²) in [6, 6.07) is 16.5. The number of pyridine rings is 1. The second-order valence-corrected chi connectivity index (χ2v) is 8.05. The molecule has 34 heavy (non-hydrogen) atoms. The van der Waals surface area contributed by atoms with Gasteiger partial charge in [-0.15, -0.1) is 0 Å². The van der Waals surface area contributed by atoms with Gasteiger partial charge in [0.1, 0.15) is 5.75 Å². The number of amides is 1. The lowest BCUT2D eigenvalue weighted by atomic mass is 10.0. The minimum absolute atomic E-state index is 0.181. The fourth-order valence-corrected chi connectivity index (χ4v) is 3.75. The van der Waals surface area contributed by atoms with Crippen molar-refractivity contribution >= 4 is 34.1 Å². The molecule has 3 heterocycles. The summed E-state index contributed by atoms with van der Waals surface area (Å²) in [6.45, 7) is 2.95. The Hall–Kier alpha value is -4.17. The number of hydrogen-bond donors (Lipinski definition) is 1. The Kier molecular flexibility index (Phi) is 5.97. The molecule has 0 aliphatic heterocycles. The highest BCUT2D eigenvalue weighted by atomic mass is 35.5. The average molecular weight is 473 g/mol. The van der Waals surface area contributed by atoms with Gasteiger partial charge in [-0.25, -0.2) is 9.67 Å². The predicted molar refractivity (Wildman–Crippen MR) is 131 cm³/mol. The molecule has 5 rings (SSSR count). The summed E-state index contributed by atoms with van der Waals surface area (Å²) in [5.41, 5.74) is 3.36. The molecule has 0 saturated heterocycles. The minimum Gasteiger partial charge on any atom is -0.471 e. The second kappa shape index (κ2) is 9.36. The molecule has 3 aromatic heterocycles. The van der Waals surface area contributed by atoms with Gasteiger partial charge in [0.25, 0.3) is 5.91 Å². The number of ether oxygens (including phenoxy) is 1. The predicted octanol–water partition coefficient (Wildman–Crippen LogP) is 5.26. The van der Waals surface area contributed by atoms with Crippen LogP contribution in [0.4, 0.5) is 5.69 Å². The molecule has 9 heteroatoms. The van der Waals surface area contributed by atoms with Gasteiger partial charge < -0.3 is 10.1 Å². The van der Waals surface area contributed by atoms with Gasteiger partial charge in [0, 0.05) is 28.7 Å². The quantitative estimate of drug-likeness (QED) is 0.349. The van der Waals surface area contributed by atoms with Crippen molar-refractivity contribution in [2.45, 2.75) is 20.2 Å². The van der Waals surface area contributed by atoms with E-state index < -0.39 is 0 Å². The number of benzene rings is 2. The molecule has 0 fully saturated rings. The molecule has 5 aromatic rings. The summed E-state index contributed by atoms with van der Waals surface area (Å²) >= 11 is 5.99. The number of aromatic nitrogens is 5. The van der Waals surface area contributed by atoms with Gasteiger partial charge in [-0.2, -0.15) is 10.2 Å². The van der Waals surface area contributed by atoms with Crippen LogP contribution in [0.25, 0.3) is 22.2 Å². The molecule has 0 aliphatic carbocycles. The third kappa shape index (κ3) is 4.62. The SMILES string of the molecule is CCn1cc(-c2cc(C(=O)Nc3cnn(COc4cccc(Cl)c4)c3)c3ccccc3n2)cn1. The van der Waals surface area contributed by atoms with Crippen LogP contribution < -0.4 is 10.1 Å². The maximum atomic E-state index is 13.3. The van der Waals surface area contributed by atoms with Crippen molar-refractivity contribution in [3.05, 3.63) is 90.0 Å². The number of hydrogen-bond acceptors (Lipinski definition) is 5. The molecule has 2 aromatic carbocycles. The Labute approximate surface area is 200 Å². The van der Waals surface area contributed by atoms with Gasteiger partial charge in [-0.05, 0) is 37.3 Å². The van der Waals surface area contributed by atoms with E-state index in [-0.39, 0.29) is 12.6 Å². The Morgan fingerprint density at radius 3 is 2.71 bits per heavy atom. The maximum Gasteiger partial charge on any atom is 0.256 e. The van der Waals surface area contributed by atoms with Crippen molar-refractivity contribution in [2.75, 3.05) is 5.32 Å². The highest BCUT2D eigenvalue weighted by Gasteiger charge is 2.16. The molecule has 1 N–H and O–H groups in total. The number of aryl methyl sites for hydroxylation is 1. The molecule has 1 amide bonds. The highest BCUT2D eigenvalue weighted by Crippen LogP contribution is 2.25. The number of anilines is 1. The molecule has 0 radical (unpaired) electrons. The van der Waals surface area contributed by atoms with E-state index in [0.717, 1.165) is 23.0 Å². The van der Waals surface area contributed by atoms with Crippen LogP contribution in [0.5, 0.6) is 5.75 Å². The minimum atomic E-state index is -0.252. The number of carbonyl (C=O) groups is 1. The number of para-hydroxylation sites is 1. The average Bonchev–Trinajstić information content (AvgIpc) is 3.52. The number of nitrogens with zero attached hydrogens (tertiary/aromatic N) is 5. The summed E-state index contributed by atoms with van der Waals surface area (Å²) < 4.78 is 9.11. The molecule has 0 bridgehead atoms. The summed E-state index contributed by atoms with van der Waals surface area (Å²) in [5.74, 6) is 0.383. The van der Waals surface area contributed by atoms with Crippen molar-refractivity contribution < 1.29 is 9.53 Å². The van der Waals surface area contributed by atoms with E-state index in [9.17, 15) is 4.79 Å². The highest BCUT2D eigenvalue weighted by molar-refractivity contribution is 6.30. The van der Waals surface area contributed by atoms with Crippen molar-refractivity contribution in [3.8, 4) is 17.0 Å². The number of nitrogens with one attached hydrogen (secondary N) is 1. The first-order valence-electron chi connectivity index (χ1n) is 10.7. The lowest BCUT2D eigenvalue weighted by molar-refractivity contribution is 0.102. The summed E-state index contributed by atoms with van der Waals surface area (Å²) in [5, 5.41) is 12.9. The van der Waals surface area contributed by atoms with Crippen LogP contribution in [0, 0.1) is 0 Å². The van der Waals surface area contributed by atoms with Crippen LogP contribution in [0.3, 0.4) is 0 Å². The molecule has 170 valence electrons. The van der Waals surface area contributed by atoms with Gasteiger partial charge in [0.05, 0.1) is 41.1 Å². The molecule has 0 aliphatic rings. The van der Waals surface area contributed by atoms with E-state index in [1.165, 1.54) is 0 Å². The van der Waals surface area contributed by atoms with Gasteiger partial charge in [-0.3, -0.25) is 9.48 Å². The molecule has 0 saturated carbocycles. The molecule has 0 unspecified atom stereocenters. The Balaban J connectivity index is 1.37. The van der Waals surface area contributed by atoms with Gasteiger partial charge in [-0.1, -0.05) is 35.9 Å². The van der Waals surface area contributed by atoms with Crippen molar-refractivity contribution in [3.63, 3.8) is 0 Å². The largest absolute Gasteiger partial charge is 0.471 e. The van der Waals surface area contributed by atoms with Crippen molar-refractivity contribution in [1.29, 1.82) is 0 Å².